The molecular formula is C29H28F3N5OS. The summed E-state index contributed by atoms with van der Waals surface area (Å²) in [6, 6.07) is 23.4. The lowest BCUT2D eigenvalue weighted by Gasteiger charge is -2.39. The van der Waals surface area contributed by atoms with E-state index in [1.807, 2.05) is 53.9 Å². The molecule has 2 atom stereocenters. The number of piperazine rings is 1. The maximum absolute atomic E-state index is 14.0. The van der Waals surface area contributed by atoms with Gasteiger partial charge in [-0.25, -0.2) is 4.68 Å². The largest absolute Gasteiger partial charge is 0.410 e. The second-order valence-electron chi connectivity index (χ2n) is 9.92. The second-order valence-corrected chi connectivity index (χ2v) is 10.9. The Hall–Kier alpha value is -3.63. The Labute approximate surface area is 228 Å². The Balaban J connectivity index is 1.20. The van der Waals surface area contributed by atoms with E-state index in [0.29, 0.717) is 26.2 Å². The fraction of sp³-hybridized carbons (Fsp3) is 0.310. The van der Waals surface area contributed by atoms with Gasteiger partial charge in [-0.05, 0) is 22.6 Å². The number of carbonyl (C=O) groups is 1. The van der Waals surface area contributed by atoms with Crippen molar-refractivity contribution in [3.8, 4) is 0 Å². The van der Waals surface area contributed by atoms with Crippen molar-refractivity contribution >= 4 is 23.1 Å². The molecule has 1 N–H and O–H groups in total. The third-order valence-corrected chi connectivity index (χ3v) is 8.48. The lowest BCUT2D eigenvalue weighted by atomic mass is 9.96. The Bertz CT molecular complexity index is 1360. The zero-order valence-electron chi connectivity index (χ0n) is 21.1. The number of hydrogen-bond donors (Lipinski definition) is 1. The zero-order chi connectivity index (χ0) is 27.0. The molecule has 10 heteroatoms. The van der Waals surface area contributed by atoms with E-state index in [1.54, 1.807) is 4.90 Å². The monoisotopic (exact) mass is 551 g/mol. The SMILES string of the molecule is O=C(c1cc2n(n1)[C@@H](C(F)(F)F)C[C@@H](c1cccs1)N2)N1CCN(C(c2ccccc2)c2ccccc2)CC1. The molecule has 1 fully saturated rings. The Morgan fingerprint density at radius 1 is 0.923 bits per heavy atom. The van der Waals surface area contributed by atoms with Crippen LogP contribution >= 0.6 is 11.3 Å². The number of alkyl halides is 3. The van der Waals surface area contributed by atoms with Crippen LogP contribution in [0.3, 0.4) is 0 Å². The fourth-order valence-corrected chi connectivity index (χ4v) is 6.37. The summed E-state index contributed by atoms with van der Waals surface area (Å²) in [4.78, 5) is 18.3. The molecule has 39 heavy (non-hydrogen) atoms. The van der Waals surface area contributed by atoms with Crippen LogP contribution in [0.15, 0.2) is 84.2 Å². The van der Waals surface area contributed by atoms with Crippen molar-refractivity contribution in [2.24, 2.45) is 0 Å². The van der Waals surface area contributed by atoms with Gasteiger partial charge in [-0.2, -0.15) is 18.3 Å². The average Bonchev–Trinajstić information content (AvgIpc) is 3.64. The summed E-state index contributed by atoms with van der Waals surface area (Å²) >= 11 is 1.41. The molecule has 0 spiro atoms. The third-order valence-electron chi connectivity index (χ3n) is 7.49. The van der Waals surface area contributed by atoms with Crippen molar-refractivity contribution in [1.29, 1.82) is 0 Å². The van der Waals surface area contributed by atoms with Crippen LogP contribution in [0.2, 0.25) is 0 Å². The van der Waals surface area contributed by atoms with Gasteiger partial charge in [0.25, 0.3) is 5.91 Å². The fourth-order valence-electron chi connectivity index (χ4n) is 5.58. The van der Waals surface area contributed by atoms with E-state index in [9.17, 15) is 18.0 Å². The number of carbonyl (C=O) groups excluding carboxylic acids is 1. The highest BCUT2D eigenvalue weighted by molar-refractivity contribution is 7.10. The molecule has 0 unspecified atom stereocenters. The number of hydrogen-bond acceptors (Lipinski definition) is 5. The maximum atomic E-state index is 14.0. The molecule has 6 nitrogen and oxygen atoms in total. The van der Waals surface area contributed by atoms with Crippen LogP contribution in [-0.2, 0) is 0 Å². The number of benzene rings is 2. The molecule has 2 aromatic heterocycles. The number of halogens is 3. The van der Waals surface area contributed by atoms with Gasteiger partial charge in [-0.15, -0.1) is 11.3 Å². The van der Waals surface area contributed by atoms with Crippen LogP contribution in [0.25, 0.3) is 0 Å². The van der Waals surface area contributed by atoms with E-state index in [0.717, 1.165) is 9.56 Å². The summed E-state index contributed by atoms with van der Waals surface area (Å²) in [5.74, 6) is -0.125. The van der Waals surface area contributed by atoms with Crippen LogP contribution in [0.1, 0.15) is 51.0 Å². The summed E-state index contributed by atoms with van der Waals surface area (Å²) in [5, 5.41) is 9.19. The van der Waals surface area contributed by atoms with E-state index in [-0.39, 0.29) is 29.9 Å². The van der Waals surface area contributed by atoms with E-state index < -0.39 is 18.3 Å². The third kappa shape index (κ3) is 5.18. The number of amides is 1. The van der Waals surface area contributed by atoms with E-state index >= 15 is 0 Å². The number of anilines is 1. The highest BCUT2D eigenvalue weighted by atomic mass is 32.1. The van der Waals surface area contributed by atoms with Crippen LogP contribution < -0.4 is 5.32 Å². The van der Waals surface area contributed by atoms with Crippen LogP contribution in [0.5, 0.6) is 0 Å². The molecule has 0 radical (unpaired) electrons. The topological polar surface area (TPSA) is 53.4 Å². The van der Waals surface area contributed by atoms with Crippen molar-refractivity contribution in [3.05, 3.63) is 106 Å². The van der Waals surface area contributed by atoms with Crippen molar-refractivity contribution in [2.75, 3.05) is 31.5 Å². The predicted molar refractivity (Wildman–Crippen MR) is 145 cm³/mol. The van der Waals surface area contributed by atoms with Crippen LogP contribution in [0, 0.1) is 0 Å². The standard InChI is InChI=1S/C29H28F3N5OS/c30-29(31,32)25-18-22(24-12-7-17-39-24)33-26-19-23(34-37(25)26)28(38)36-15-13-35(14-16-36)27(20-8-3-1-4-9-20)21-10-5-2-6-11-21/h1-12,17,19,22,25,27,33H,13-16,18H2/t22-,25+/m0/s1. The molecule has 0 aliphatic carbocycles. The van der Waals surface area contributed by atoms with Gasteiger partial charge in [-0.1, -0.05) is 66.7 Å². The molecule has 1 amide bonds. The van der Waals surface area contributed by atoms with Gasteiger partial charge >= 0.3 is 6.18 Å². The summed E-state index contributed by atoms with van der Waals surface area (Å²) < 4.78 is 43.0. The minimum Gasteiger partial charge on any atom is -0.363 e. The first-order valence-corrected chi connectivity index (χ1v) is 13.9. The molecular weight excluding hydrogens is 523 g/mol. The molecule has 2 aliphatic rings. The molecule has 2 aromatic carbocycles. The Morgan fingerprint density at radius 2 is 1.56 bits per heavy atom. The zero-order valence-corrected chi connectivity index (χ0v) is 21.9. The molecule has 2 aliphatic heterocycles. The molecule has 4 heterocycles. The summed E-state index contributed by atoms with van der Waals surface area (Å²) in [5.41, 5.74) is 2.39. The summed E-state index contributed by atoms with van der Waals surface area (Å²) in [6.45, 7) is 2.20. The number of nitrogens with zero attached hydrogens (tertiary/aromatic N) is 4. The van der Waals surface area contributed by atoms with Gasteiger partial charge in [0.2, 0.25) is 0 Å². The van der Waals surface area contributed by atoms with Crippen molar-refractivity contribution in [1.82, 2.24) is 19.6 Å². The Morgan fingerprint density at radius 3 is 2.13 bits per heavy atom. The number of thiophene rings is 1. The van der Waals surface area contributed by atoms with E-state index in [1.165, 1.54) is 28.5 Å². The van der Waals surface area contributed by atoms with Crippen LogP contribution in [-0.4, -0.2) is 57.8 Å². The van der Waals surface area contributed by atoms with Gasteiger partial charge in [0.05, 0.1) is 12.1 Å². The second kappa shape index (κ2) is 10.5. The first-order valence-electron chi connectivity index (χ1n) is 13.0. The highest BCUT2D eigenvalue weighted by Gasteiger charge is 2.47. The normalized spacial score (nSPS) is 20.1. The molecule has 0 bridgehead atoms. The quantitative estimate of drug-likeness (QED) is 0.323. The minimum atomic E-state index is -4.48. The first kappa shape index (κ1) is 25.6. The Kier molecular flexibility index (Phi) is 6.90. The first-order chi connectivity index (χ1) is 18.9. The summed E-state index contributed by atoms with van der Waals surface area (Å²) in [7, 11) is 0. The van der Waals surface area contributed by atoms with Crippen molar-refractivity contribution < 1.29 is 18.0 Å². The number of rotatable bonds is 5. The molecule has 202 valence electrons. The predicted octanol–water partition coefficient (Wildman–Crippen LogP) is 6.15. The van der Waals surface area contributed by atoms with Gasteiger partial charge < -0.3 is 10.2 Å². The van der Waals surface area contributed by atoms with Gasteiger partial charge in [0.1, 0.15) is 5.82 Å². The molecule has 6 rings (SSSR count). The lowest BCUT2D eigenvalue weighted by molar-refractivity contribution is -0.173. The molecule has 4 aromatic rings. The van der Waals surface area contributed by atoms with Gasteiger partial charge in [0, 0.05) is 43.5 Å². The summed E-state index contributed by atoms with van der Waals surface area (Å²) in [6.07, 6.45) is -4.65. The van der Waals surface area contributed by atoms with E-state index in [4.69, 9.17) is 0 Å². The molecule has 1 saturated heterocycles. The maximum Gasteiger partial charge on any atom is 0.410 e. The van der Waals surface area contributed by atoms with Crippen molar-refractivity contribution in [3.63, 3.8) is 0 Å². The van der Waals surface area contributed by atoms with Crippen LogP contribution in [0.4, 0.5) is 19.0 Å². The smallest absolute Gasteiger partial charge is 0.363 e. The number of aromatic nitrogens is 2. The van der Waals surface area contributed by atoms with E-state index in [2.05, 4.69) is 39.6 Å². The van der Waals surface area contributed by atoms with Gasteiger partial charge in [-0.3, -0.25) is 9.69 Å². The molecule has 0 saturated carbocycles. The van der Waals surface area contributed by atoms with Crippen molar-refractivity contribution in [2.45, 2.75) is 30.7 Å². The number of fused-ring (bicyclic) bond motifs is 1. The number of nitrogens with one attached hydrogen (secondary N) is 1. The minimum absolute atomic E-state index is 0.0368. The van der Waals surface area contributed by atoms with Gasteiger partial charge in [0.15, 0.2) is 11.7 Å². The average molecular weight is 552 g/mol. The highest BCUT2D eigenvalue weighted by Crippen LogP contribution is 2.44. The lowest BCUT2D eigenvalue weighted by Crippen LogP contribution is -2.50.